The molecule has 0 amide bonds. The van der Waals surface area contributed by atoms with E-state index in [-0.39, 0.29) is 0 Å². The van der Waals surface area contributed by atoms with E-state index in [1.165, 1.54) is 16.4 Å². The summed E-state index contributed by atoms with van der Waals surface area (Å²) in [7, 11) is 0. The van der Waals surface area contributed by atoms with Crippen LogP contribution in [0.1, 0.15) is 0 Å². The van der Waals surface area contributed by atoms with Gasteiger partial charge in [0.15, 0.2) is 0 Å². The van der Waals surface area contributed by atoms with Gasteiger partial charge in [-0.1, -0.05) is 0 Å². The number of aromatic amines is 1. The van der Waals surface area contributed by atoms with Crippen LogP contribution in [0.15, 0.2) is 22.5 Å². The molecule has 2 nitrogen and oxygen atoms in total. The van der Waals surface area contributed by atoms with Crippen molar-refractivity contribution in [1.82, 2.24) is 8.58 Å². The quantitative estimate of drug-likeness (QED) is 0.517. The van der Waals surface area contributed by atoms with Crippen LogP contribution in [-0.2, 0) is 0 Å². The van der Waals surface area contributed by atoms with Crippen molar-refractivity contribution in [3.05, 3.63) is 17.6 Å². The third kappa shape index (κ3) is 2.32. The fourth-order valence-electron chi connectivity index (χ4n) is 0.479. The van der Waals surface area contributed by atoms with Gasteiger partial charge in [0.05, 0.1) is 0 Å². The summed E-state index contributed by atoms with van der Waals surface area (Å²) in [4.78, 5) is 1.20. The van der Waals surface area contributed by atoms with E-state index in [9.17, 15) is 0 Å². The Labute approximate surface area is 73.6 Å². The number of thioether (sulfide) groups is 1. The molecule has 10 heavy (non-hydrogen) atoms. The molecule has 1 aromatic rings. The molecule has 1 rings (SSSR count). The number of hydrogen-bond donors (Lipinski definition) is 2. The van der Waals surface area contributed by atoms with Crippen molar-refractivity contribution in [2.75, 3.05) is 6.26 Å². The Morgan fingerprint density at radius 1 is 1.80 bits per heavy atom. The van der Waals surface area contributed by atoms with Crippen LogP contribution in [0.25, 0.3) is 0 Å². The smallest absolute Gasteiger partial charge is 0.0335 e. The van der Waals surface area contributed by atoms with Crippen LogP contribution in [-0.4, -0.2) is 14.8 Å². The lowest BCUT2D eigenvalue weighted by Crippen LogP contribution is -1.76. The zero-order valence-electron chi connectivity index (χ0n) is 5.44. The average Bonchev–Trinajstić information content (AvgIpc) is 2.14. The molecule has 5 heteroatoms. The lowest BCUT2D eigenvalue weighted by Gasteiger charge is -1.86. The molecule has 0 unspecified atom stereocenters. The number of nitrogens with zero attached hydrogens (tertiary/aromatic N) is 1. The van der Waals surface area contributed by atoms with Crippen molar-refractivity contribution in [2.45, 2.75) is 4.90 Å². The molecule has 1 heterocycles. The first-order chi connectivity index (χ1) is 4.83. The third-order valence-corrected chi connectivity index (χ3v) is 2.63. The second-order valence-corrected chi connectivity index (χ2v) is 3.96. The first-order valence-corrected chi connectivity index (χ1v) is 5.11. The van der Waals surface area contributed by atoms with Crippen LogP contribution in [0.4, 0.5) is 0 Å². The second kappa shape index (κ2) is 4.00. The molecular weight excluding hydrogens is 184 g/mol. The maximum Gasteiger partial charge on any atom is 0.0335 e. The van der Waals surface area contributed by atoms with Gasteiger partial charge in [0.2, 0.25) is 0 Å². The summed E-state index contributed by atoms with van der Waals surface area (Å²) >= 11 is 7.29. The topological polar surface area (TPSA) is 20.7 Å². The number of thiol groups is 1. The summed E-state index contributed by atoms with van der Waals surface area (Å²) in [5.41, 5.74) is 0. The standard InChI is InChI=1S/C5H8N2S3/c1-9-5-2-3-10-7(8)6-4-5/h2-4,6,8H,1H3. The van der Waals surface area contributed by atoms with Gasteiger partial charge in [0.1, 0.15) is 0 Å². The van der Waals surface area contributed by atoms with Crippen LogP contribution < -0.4 is 0 Å². The summed E-state index contributed by atoms with van der Waals surface area (Å²) in [6.45, 7) is 0. The molecule has 0 aliphatic rings. The molecular formula is C5H8N2S3. The van der Waals surface area contributed by atoms with E-state index in [4.69, 9.17) is 0 Å². The Hall–Kier alpha value is -0.0000000000000000555. The summed E-state index contributed by atoms with van der Waals surface area (Å²) in [5.74, 6) is 0. The molecule has 0 radical (unpaired) electrons. The van der Waals surface area contributed by atoms with Gasteiger partial charge >= 0.3 is 0 Å². The Morgan fingerprint density at radius 3 is 3.30 bits per heavy atom. The molecule has 1 aromatic heterocycles. The van der Waals surface area contributed by atoms with Crippen molar-refractivity contribution in [3.8, 4) is 0 Å². The number of nitrogens with one attached hydrogen (secondary N) is 1. The van der Waals surface area contributed by atoms with E-state index in [0.29, 0.717) is 0 Å². The van der Waals surface area contributed by atoms with Crippen LogP contribution in [0.2, 0.25) is 0 Å². The highest BCUT2D eigenvalue weighted by molar-refractivity contribution is 7.98. The number of aromatic nitrogens is 2. The van der Waals surface area contributed by atoms with Crippen molar-refractivity contribution >= 4 is 36.1 Å². The maximum atomic E-state index is 4.09. The van der Waals surface area contributed by atoms with Crippen molar-refractivity contribution < 1.29 is 0 Å². The largest absolute Gasteiger partial charge is 0.286 e. The minimum absolute atomic E-state index is 1.20. The van der Waals surface area contributed by atoms with Gasteiger partial charge in [-0.25, -0.2) is 0 Å². The minimum Gasteiger partial charge on any atom is -0.286 e. The highest BCUT2D eigenvalue weighted by atomic mass is 32.2. The van der Waals surface area contributed by atoms with Crippen molar-refractivity contribution in [1.29, 1.82) is 0 Å². The Morgan fingerprint density at radius 2 is 2.60 bits per heavy atom. The van der Waals surface area contributed by atoms with Gasteiger partial charge in [-0.2, -0.15) is 3.48 Å². The third-order valence-electron chi connectivity index (χ3n) is 0.946. The van der Waals surface area contributed by atoms with Crippen LogP contribution in [0.3, 0.4) is 0 Å². The van der Waals surface area contributed by atoms with E-state index in [2.05, 4.69) is 17.9 Å². The zero-order valence-corrected chi connectivity index (χ0v) is 7.97. The molecule has 0 atom stereocenters. The molecule has 0 saturated carbocycles. The van der Waals surface area contributed by atoms with E-state index in [1.807, 2.05) is 23.9 Å². The van der Waals surface area contributed by atoms with Gasteiger partial charge in [-0.3, -0.25) is 5.10 Å². The fraction of sp³-hybridized carbons (Fsp3) is 0.200. The molecule has 1 N–H and O–H groups in total. The molecule has 0 bridgehead atoms. The minimum atomic E-state index is 1.20. The lowest BCUT2D eigenvalue weighted by atomic mass is 10.6. The predicted molar refractivity (Wildman–Crippen MR) is 50.5 cm³/mol. The Balaban J connectivity index is 3.04. The van der Waals surface area contributed by atoms with Crippen LogP contribution >= 0.6 is 36.1 Å². The molecule has 0 aromatic carbocycles. The first kappa shape index (κ1) is 8.10. The summed E-state index contributed by atoms with van der Waals surface area (Å²) in [6.07, 6.45) is 3.95. The van der Waals surface area contributed by atoms with Gasteiger partial charge in [-0.15, -0.1) is 11.8 Å². The molecule has 0 aliphatic carbocycles. The molecule has 0 saturated heterocycles. The van der Waals surface area contributed by atoms with Gasteiger partial charge in [0, 0.05) is 16.5 Å². The van der Waals surface area contributed by atoms with E-state index in [1.54, 1.807) is 15.2 Å². The lowest BCUT2D eigenvalue weighted by molar-refractivity contribution is 1.05. The monoisotopic (exact) mass is 192 g/mol. The number of H-pyrrole nitrogens is 1. The highest BCUT2D eigenvalue weighted by Crippen LogP contribution is 2.11. The normalized spacial score (nSPS) is 9.40. The summed E-state index contributed by atoms with van der Waals surface area (Å²) in [6, 6.07) is 2.04. The Kier molecular flexibility index (Phi) is 3.24. The SMILES string of the molecule is CSc1ccsn(S)[nH]c1. The van der Waals surface area contributed by atoms with Gasteiger partial charge in [0.25, 0.3) is 0 Å². The molecule has 0 fully saturated rings. The second-order valence-electron chi connectivity index (χ2n) is 1.56. The Bertz CT molecular complexity index is 233. The predicted octanol–water partition coefficient (Wildman–Crippen LogP) is 2.42. The van der Waals surface area contributed by atoms with Gasteiger partial charge in [-0.05, 0) is 36.7 Å². The number of hydrogen-bond acceptors (Lipinski definition) is 3. The summed E-state index contributed by atoms with van der Waals surface area (Å²) < 4.78 is 1.64. The summed E-state index contributed by atoms with van der Waals surface area (Å²) in [5, 5.41) is 4.94. The van der Waals surface area contributed by atoms with Crippen LogP contribution in [0.5, 0.6) is 0 Å². The fourth-order valence-corrected chi connectivity index (χ4v) is 1.60. The molecule has 0 aliphatic heterocycles. The van der Waals surface area contributed by atoms with Crippen LogP contribution in [0, 0.1) is 0 Å². The van der Waals surface area contributed by atoms with E-state index in [0.717, 1.165) is 0 Å². The first-order valence-electron chi connectivity index (χ1n) is 2.65. The molecule has 56 valence electrons. The van der Waals surface area contributed by atoms with Crippen molar-refractivity contribution in [2.24, 2.45) is 0 Å². The van der Waals surface area contributed by atoms with E-state index >= 15 is 0 Å². The maximum absolute atomic E-state index is 4.09. The van der Waals surface area contributed by atoms with Crippen molar-refractivity contribution in [3.63, 3.8) is 0 Å². The number of rotatable bonds is 1. The average molecular weight is 192 g/mol. The highest BCUT2D eigenvalue weighted by Gasteiger charge is 1.82. The van der Waals surface area contributed by atoms with E-state index < -0.39 is 0 Å². The van der Waals surface area contributed by atoms with Gasteiger partial charge < -0.3 is 0 Å². The molecule has 0 spiro atoms. The zero-order chi connectivity index (χ0) is 7.40.